The number of hydrogen-bond acceptors (Lipinski definition) is 5. The van der Waals surface area contributed by atoms with E-state index in [0.29, 0.717) is 18.0 Å². The van der Waals surface area contributed by atoms with Crippen LogP contribution < -0.4 is 15.2 Å². The number of benzene rings is 2. The molecule has 126 valence electrons. The number of hydrogen-bond donors (Lipinski definition) is 2. The summed E-state index contributed by atoms with van der Waals surface area (Å²) in [6.45, 7) is 2.67. The van der Waals surface area contributed by atoms with Crippen LogP contribution in [0.15, 0.2) is 47.4 Å². The molecule has 0 aliphatic heterocycles. The topological polar surface area (TPSA) is 105 Å². The van der Waals surface area contributed by atoms with Gasteiger partial charge in [0.1, 0.15) is 10.6 Å². The highest BCUT2D eigenvalue weighted by Gasteiger charge is 2.21. The second kappa shape index (κ2) is 7.81. The monoisotopic (exact) mass is 345 g/mol. The van der Waals surface area contributed by atoms with E-state index in [4.69, 9.17) is 15.1 Å². The largest absolute Gasteiger partial charge is 0.454 e. The van der Waals surface area contributed by atoms with Crippen molar-refractivity contribution in [3.05, 3.63) is 48.0 Å². The van der Waals surface area contributed by atoms with Crippen molar-refractivity contribution in [1.82, 2.24) is 0 Å². The predicted octanol–water partition coefficient (Wildman–Crippen LogP) is 3.21. The average molecular weight is 345 g/mol. The van der Waals surface area contributed by atoms with Gasteiger partial charge in [0.25, 0.3) is 0 Å². The van der Waals surface area contributed by atoms with E-state index >= 15 is 0 Å². The van der Waals surface area contributed by atoms with Gasteiger partial charge in [-0.15, -0.1) is 0 Å². The molecule has 0 spiro atoms. The summed E-state index contributed by atoms with van der Waals surface area (Å²) in [6, 6.07) is 13.5. The molecule has 0 aliphatic rings. The number of unbranched alkanes of at least 4 members (excludes halogenated alkanes) is 1. The predicted molar refractivity (Wildman–Crippen MR) is 92.4 cm³/mol. The van der Waals surface area contributed by atoms with Gasteiger partial charge in [-0.3, -0.25) is 0 Å². The van der Waals surface area contributed by atoms with E-state index in [1.807, 2.05) is 19.1 Å². The van der Waals surface area contributed by atoms with Gasteiger partial charge < -0.3 is 10.1 Å². The molecular weight excluding hydrogens is 326 g/mol. The van der Waals surface area contributed by atoms with Crippen molar-refractivity contribution in [2.24, 2.45) is 5.14 Å². The van der Waals surface area contributed by atoms with Crippen LogP contribution in [0.5, 0.6) is 11.5 Å². The van der Waals surface area contributed by atoms with Crippen LogP contribution in [-0.2, 0) is 10.0 Å². The van der Waals surface area contributed by atoms with E-state index in [-0.39, 0.29) is 16.2 Å². The number of anilines is 1. The molecule has 2 rings (SSSR count). The number of nitrogens with two attached hydrogens (primary N) is 1. The smallest absolute Gasteiger partial charge is 0.241 e. The molecule has 0 atom stereocenters. The number of rotatable bonds is 7. The van der Waals surface area contributed by atoms with Crippen LogP contribution in [0.4, 0.5) is 5.69 Å². The molecule has 0 unspecified atom stereocenters. The summed E-state index contributed by atoms with van der Waals surface area (Å²) in [4.78, 5) is -0.218. The lowest BCUT2D eigenvalue weighted by atomic mass is 10.2. The van der Waals surface area contributed by atoms with Crippen LogP contribution in [0.1, 0.15) is 25.3 Å². The molecule has 0 fully saturated rings. The van der Waals surface area contributed by atoms with Crippen LogP contribution in [-0.4, -0.2) is 15.0 Å². The summed E-state index contributed by atoms with van der Waals surface area (Å²) in [7, 11) is -4.06. The molecule has 2 aromatic carbocycles. The molecule has 3 N–H and O–H groups in total. The van der Waals surface area contributed by atoms with Crippen molar-refractivity contribution in [3.63, 3.8) is 0 Å². The van der Waals surface area contributed by atoms with Gasteiger partial charge in [0.2, 0.25) is 10.0 Å². The summed E-state index contributed by atoms with van der Waals surface area (Å²) in [5.74, 6) is 0.574. The molecule has 0 amide bonds. The number of sulfonamides is 1. The van der Waals surface area contributed by atoms with Gasteiger partial charge in [0.15, 0.2) is 5.75 Å². The van der Waals surface area contributed by atoms with Crippen molar-refractivity contribution in [2.45, 2.75) is 24.7 Å². The number of nitrogens with zero attached hydrogens (tertiary/aromatic N) is 1. The highest BCUT2D eigenvalue weighted by Crippen LogP contribution is 2.36. The summed E-state index contributed by atoms with van der Waals surface area (Å²) in [5, 5.41) is 17.6. The average Bonchev–Trinajstić information content (AvgIpc) is 2.56. The highest BCUT2D eigenvalue weighted by atomic mass is 32.2. The van der Waals surface area contributed by atoms with Gasteiger partial charge >= 0.3 is 0 Å². The van der Waals surface area contributed by atoms with Crippen LogP contribution in [0, 0.1) is 11.3 Å². The molecule has 6 nitrogen and oxygen atoms in total. The third-order valence-electron chi connectivity index (χ3n) is 3.30. The highest BCUT2D eigenvalue weighted by molar-refractivity contribution is 7.89. The molecule has 0 heterocycles. The first kappa shape index (κ1) is 17.8. The molecule has 0 saturated carbocycles. The van der Waals surface area contributed by atoms with Gasteiger partial charge in [-0.05, 0) is 30.7 Å². The van der Waals surface area contributed by atoms with Crippen molar-refractivity contribution in [1.29, 1.82) is 5.26 Å². The Bertz CT molecular complexity index is 843. The van der Waals surface area contributed by atoms with E-state index in [0.717, 1.165) is 12.8 Å². The summed E-state index contributed by atoms with van der Waals surface area (Å²) >= 11 is 0. The minimum Gasteiger partial charge on any atom is -0.454 e. The maximum Gasteiger partial charge on any atom is 0.241 e. The third kappa shape index (κ3) is 4.47. The normalized spacial score (nSPS) is 10.9. The Morgan fingerprint density at radius 2 is 1.96 bits per heavy atom. The second-order valence-corrected chi connectivity index (χ2v) is 6.73. The van der Waals surface area contributed by atoms with Gasteiger partial charge in [0, 0.05) is 6.54 Å². The molecule has 0 bridgehead atoms. The lowest BCUT2D eigenvalue weighted by Gasteiger charge is -2.16. The lowest BCUT2D eigenvalue weighted by molar-refractivity contribution is 0.469. The fraction of sp³-hybridized carbons (Fsp3) is 0.235. The Kier molecular flexibility index (Phi) is 5.79. The second-order valence-electron chi connectivity index (χ2n) is 5.20. The Balaban J connectivity index is 2.55. The number of nitriles is 1. The van der Waals surface area contributed by atoms with E-state index in [1.54, 1.807) is 30.3 Å². The van der Waals surface area contributed by atoms with Crippen molar-refractivity contribution >= 4 is 15.7 Å². The Labute approximate surface area is 141 Å². The Morgan fingerprint density at radius 1 is 1.25 bits per heavy atom. The third-order valence-corrected chi connectivity index (χ3v) is 4.22. The first-order valence-corrected chi connectivity index (χ1v) is 9.08. The quantitative estimate of drug-likeness (QED) is 0.750. The van der Waals surface area contributed by atoms with Crippen molar-refractivity contribution in [3.8, 4) is 17.6 Å². The molecule has 0 saturated heterocycles. The minimum atomic E-state index is -4.06. The lowest BCUT2D eigenvalue weighted by Crippen LogP contribution is -2.15. The van der Waals surface area contributed by atoms with Crippen LogP contribution in [0.25, 0.3) is 0 Å². The summed E-state index contributed by atoms with van der Waals surface area (Å²) in [5.41, 5.74) is 0.619. The molecule has 2 aromatic rings. The minimum absolute atomic E-state index is 0.0961. The van der Waals surface area contributed by atoms with Crippen molar-refractivity contribution in [2.75, 3.05) is 11.9 Å². The fourth-order valence-electron chi connectivity index (χ4n) is 2.12. The zero-order chi connectivity index (χ0) is 17.6. The van der Waals surface area contributed by atoms with Crippen LogP contribution in [0.3, 0.4) is 0 Å². The number of primary sulfonamides is 1. The first-order chi connectivity index (χ1) is 11.5. The van der Waals surface area contributed by atoms with Gasteiger partial charge in [-0.2, -0.15) is 5.26 Å². The molecule has 7 heteroatoms. The molecule has 0 radical (unpaired) electrons. The van der Waals surface area contributed by atoms with Crippen molar-refractivity contribution < 1.29 is 13.2 Å². The maximum atomic E-state index is 12.0. The SMILES string of the molecule is CCCCNc1cc(C#N)cc(S(N)(=O)=O)c1Oc1ccccc1. The van der Waals surface area contributed by atoms with E-state index in [2.05, 4.69) is 5.32 Å². The zero-order valence-electron chi connectivity index (χ0n) is 13.3. The number of para-hydroxylation sites is 1. The maximum absolute atomic E-state index is 12.0. The standard InChI is InChI=1S/C17H19N3O3S/c1-2-3-9-20-15-10-13(12-18)11-16(24(19,21)22)17(15)23-14-7-5-4-6-8-14/h4-8,10-11,20H,2-3,9H2,1H3,(H2,19,21,22). The Morgan fingerprint density at radius 3 is 2.54 bits per heavy atom. The summed E-state index contributed by atoms with van der Waals surface area (Å²) < 4.78 is 29.7. The number of ether oxygens (including phenoxy) is 1. The molecule has 0 aliphatic carbocycles. The molecular formula is C17H19N3O3S. The summed E-state index contributed by atoms with van der Waals surface area (Å²) in [6.07, 6.45) is 1.87. The first-order valence-electron chi connectivity index (χ1n) is 7.53. The van der Waals surface area contributed by atoms with Gasteiger partial charge in [-0.25, -0.2) is 13.6 Å². The van der Waals surface area contributed by atoms with E-state index in [1.165, 1.54) is 6.07 Å². The van der Waals surface area contributed by atoms with E-state index in [9.17, 15) is 8.42 Å². The zero-order valence-corrected chi connectivity index (χ0v) is 14.1. The van der Waals surface area contributed by atoms with Gasteiger partial charge in [-0.1, -0.05) is 31.5 Å². The van der Waals surface area contributed by atoms with Crippen LogP contribution in [0.2, 0.25) is 0 Å². The fourth-order valence-corrected chi connectivity index (χ4v) is 2.82. The number of nitrogens with one attached hydrogen (secondary N) is 1. The van der Waals surface area contributed by atoms with E-state index < -0.39 is 10.0 Å². The van der Waals surface area contributed by atoms with Crippen LogP contribution >= 0.6 is 0 Å². The molecule has 0 aromatic heterocycles. The van der Waals surface area contributed by atoms with Gasteiger partial charge in [0.05, 0.1) is 17.3 Å². The molecule has 24 heavy (non-hydrogen) atoms. The Hall–Kier alpha value is -2.56.